The van der Waals surface area contributed by atoms with E-state index >= 15 is 0 Å². The molecule has 0 saturated carbocycles. The molecule has 5 nitrogen and oxygen atoms in total. The molecule has 0 radical (unpaired) electrons. The van der Waals surface area contributed by atoms with Crippen molar-refractivity contribution in [3.8, 4) is 17.2 Å². The summed E-state index contributed by atoms with van der Waals surface area (Å²) >= 11 is 0. The Kier molecular flexibility index (Phi) is 6.10. The van der Waals surface area contributed by atoms with E-state index in [9.17, 15) is 18.0 Å². The molecule has 8 heteroatoms. The molecule has 2 rings (SSSR count). The lowest BCUT2D eigenvalue weighted by Gasteiger charge is -2.10. The van der Waals surface area contributed by atoms with Crippen molar-refractivity contribution in [1.29, 1.82) is 0 Å². The van der Waals surface area contributed by atoms with Crippen LogP contribution < -0.4 is 19.5 Å². The highest BCUT2D eigenvalue weighted by atomic mass is 19.4. The molecular formula is C17H16F3NO4. The summed E-state index contributed by atoms with van der Waals surface area (Å²) in [5, 5.41) is 2.61. The van der Waals surface area contributed by atoms with Crippen molar-refractivity contribution in [2.45, 2.75) is 6.36 Å². The van der Waals surface area contributed by atoms with Crippen LogP contribution >= 0.6 is 0 Å². The molecule has 0 saturated heterocycles. The first-order valence-electron chi connectivity index (χ1n) is 7.28. The Labute approximate surface area is 142 Å². The topological polar surface area (TPSA) is 56.8 Å². The van der Waals surface area contributed by atoms with Crippen molar-refractivity contribution < 1.29 is 32.2 Å². The SMILES string of the molecule is COc1ccc(OCCNC(=O)c2ccc(OC(F)(F)F)cc2)cc1. The van der Waals surface area contributed by atoms with Gasteiger partial charge in [0.1, 0.15) is 23.9 Å². The number of benzene rings is 2. The largest absolute Gasteiger partial charge is 0.573 e. The number of ether oxygens (including phenoxy) is 3. The minimum absolute atomic E-state index is 0.221. The van der Waals surface area contributed by atoms with Crippen molar-refractivity contribution in [2.24, 2.45) is 0 Å². The molecule has 0 aliphatic carbocycles. The zero-order valence-electron chi connectivity index (χ0n) is 13.3. The van der Waals surface area contributed by atoms with Crippen LogP contribution in [0.15, 0.2) is 48.5 Å². The molecular weight excluding hydrogens is 339 g/mol. The minimum Gasteiger partial charge on any atom is -0.497 e. The van der Waals surface area contributed by atoms with Crippen molar-refractivity contribution in [3.63, 3.8) is 0 Å². The number of hydrogen-bond donors (Lipinski definition) is 1. The number of methoxy groups -OCH3 is 1. The van der Waals surface area contributed by atoms with E-state index in [1.165, 1.54) is 12.1 Å². The first-order valence-corrected chi connectivity index (χ1v) is 7.28. The molecule has 1 N–H and O–H groups in total. The molecule has 0 bridgehead atoms. The maximum atomic E-state index is 12.1. The Morgan fingerprint density at radius 3 is 2.08 bits per heavy atom. The number of hydrogen-bond acceptors (Lipinski definition) is 4. The molecule has 1 amide bonds. The average molecular weight is 355 g/mol. The zero-order chi connectivity index (χ0) is 18.3. The van der Waals surface area contributed by atoms with E-state index < -0.39 is 12.3 Å². The van der Waals surface area contributed by atoms with Gasteiger partial charge in [-0.15, -0.1) is 13.2 Å². The summed E-state index contributed by atoms with van der Waals surface area (Å²) in [6.07, 6.45) is -4.76. The van der Waals surface area contributed by atoms with E-state index in [0.29, 0.717) is 11.5 Å². The van der Waals surface area contributed by atoms with E-state index in [0.717, 1.165) is 12.1 Å². The van der Waals surface area contributed by atoms with E-state index in [1.807, 2.05) is 0 Å². The standard InChI is InChI=1S/C17H16F3NO4/c1-23-13-6-8-14(9-7-13)24-11-10-21-16(22)12-2-4-15(5-3-12)25-17(18,19)20/h2-9H,10-11H2,1H3,(H,21,22). The Balaban J connectivity index is 1.76. The molecule has 0 unspecified atom stereocenters. The van der Waals surface area contributed by atoms with Crippen molar-refractivity contribution >= 4 is 5.91 Å². The van der Waals surface area contributed by atoms with Crippen LogP contribution in [0, 0.1) is 0 Å². The van der Waals surface area contributed by atoms with E-state index in [-0.39, 0.29) is 24.5 Å². The van der Waals surface area contributed by atoms with Crippen molar-refractivity contribution in [3.05, 3.63) is 54.1 Å². The van der Waals surface area contributed by atoms with E-state index in [4.69, 9.17) is 9.47 Å². The van der Waals surface area contributed by atoms with Crippen LogP contribution in [0.2, 0.25) is 0 Å². The highest BCUT2D eigenvalue weighted by molar-refractivity contribution is 5.94. The van der Waals surface area contributed by atoms with Crippen LogP contribution in [0.5, 0.6) is 17.2 Å². The second kappa shape index (κ2) is 8.27. The predicted molar refractivity (Wildman–Crippen MR) is 83.9 cm³/mol. The second-order valence-electron chi connectivity index (χ2n) is 4.85. The summed E-state index contributed by atoms with van der Waals surface area (Å²) in [4.78, 5) is 11.9. The molecule has 2 aromatic rings. The number of carbonyl (C=O) groups is 1. The van der Waals surface area contributed by atoms with Crippen LogP contribution in [0.4, 0.5) is 13.2 Å². The van der Waals surface area contributed by atoms with Crippen molar-refractivity contribution in [1.82, 2.24) is 5.32 Å². The van der Waals surface area contributed by atoms with E-state index in [1.54, 1.807) is 31.4 Å². The van der Waals surface area contributed by atoms with Gasteiger partial charge in [-0.05, 0) is 48.5 Å². The summed E-state index contributed by atoms with van der Waals surface area (Å²) in [6.45, 7) is 0.485. The second-order valence-corrected chi connectivity index (χ2v) is 4.85. The van der Waals surface area contributed by atoms with Gasteiger partial charge in [-0.25, -0.2) is 0 Å². The first-order chi connectivity index (χ1) is 11.9. The van der Waals surface area contributed by atoms with Crippen LogP contribution in [0.3, 0.4) is 0 Å². The lowest BCUT2D eigenvalue weighted by Crippen LogP contribution is -2.28. The van der Waals surface area contributed by atoms with Gasteiger partial charge < -0.3 is 19.5 Å². The molecule has 0 heterocycles. The van der Waals surface area contributed by atoms with Gasteiger partial charge in [-0.3, -0.25) is 4.79 Å². The third kappa shape index (κ3) is 6.25. The summed E-state index contributed by atoms with van der Waals surface area (Å²) in [6, 6.07) is 11.6. The number of rotatable bonds is 7. The molecule has 25 heavy (non-hydrogen) atoms. The molecule has 0 aliphatic rings. The third-order valence-corrected chi connectivity index (χ3v) is 3.07. The van der Waals surface area contributed by atoms with Crippen molar-refractivity contribution in [2.75, 3.05) is 20.3 Å². The zero-order valence-corrected chi connectivity index (χ0v) is 13.3. The first kappa shape index (κ1) is 18.4. The van der Waals surface area contributed by atoms with E-state index in [2.05, 4.69) is 10.1 Å². The molecule has 0 fully saturated rings. The fourth-order valence-electron chi connectivity index (χ4n) is 1.92. The lowest BCUT2D eigenvalue weighted by atomic mass is 10.2. The van der Waals surface area contributed by atoms with Crippen LogP contribution in [0.25, 0.3) is 0 Å². The fraction of sp³-hybridized carbons (Fsp3) is 0.235. The summed E-state index contributed by atoms with van der Waals surface area (Å²) in [7, 11) is 1.56. The van der Waals surface area contributed by atoms with Crippen LogP contribution in [-0.4, -0.2) is 32.5 Å². The summed E-state index contributed by atoms with van der Waals surface area (Å²) < 4.78 is 50.4. The third-order valence-electron chi connectivity index (χ3n) is 3.07. The predicted octanol–water partition coefficient (Wildman–Crippen LogP) is 3.40. The Bertz CT molecular complexity index is 685. The van der Waals surface area contributed by atoms with Gasteiger partial charge >= 0.3 is 6.36 Å². The normalized spacial score (nSPS) is 10.9. The Hall–Kier alpha value is -2.90. The molecule has 2 aromatic carbocycles. The number of alkyl halides is 3. The number of amides is 1. The van der Waals surface area contributed by atoms with Gasteiger partial charge in [0.15, 0.2) is 0 Å². The average Bonchev–Trinajstić information content (AvgIpc) is 2.58. The van der Waals surface area contributed by atoms with Gasteiger partial charge in [-0.1, -0.05) is 0 Å². The monoisotopic (exact) mass is 355 g/mol. The Morgan fingerprint density at radius 2 is 1.52 bits per heavy atom. The minimum atomic E-state index is -4.76. The van der Waals surface area contributed by atoms with Gasteiger partial charge in [0.05, 0.1) is 13.7 Å². The molecule has 0 atom stereocenters. The van der Waals surface area contributed by atoms with Gasteiger partial charge in [0, 0.05) is 5.56 Å². The van der Waals surface area contributed by atoms with Gasteiger partial charge in [0.25, 0.3) is 5.91 Å². The van der Waals surface area contributed by atoms with Crippen LogP contribution in [-0.2, 0) is 0 Å². The number of nitrogens with one attached hydrogen (secondary N) is 1. The molecule has 134 valence electrons. The lowest BCUT2D eigenvalue weighted by molar-refractivity contribution is -0.274. The van der Waals surface area contributed by atoms with Crippen LogP contribution in [0.1, 0.15) is 10.4 Å². The number of halogens is 3. The number of carbonyl (C=O) groups excluding carboxylic acids is 1. The molecule has 0 spiro atoms. The maximum Gasteiger partial charge on any atom is 0.573 e. The quantitative estimate of drug-likeness (QED) is 0.774. The van der Waals surface area contributed by atoms with Gasteiger partial charge in [0.2, 0.25) is 0 Å². The van der Waals surface area contributed by atoms with Gasteiger partial charge in [-0.2, -0.15) is 0 Å². The summed E-state index contributed by atoms with van der Waals surface area (Å²) in [5.41, 5.74) is 0.221. The highest BCUT2D eigenvalue weighted by Crippen LogP contribution is 2.22. The smallest absolute Gasteiger partial charge is 0.497 e. The Morgan fingerprint density at radius 1 is 0.960 bits per heavy atom. The molecule has 0 aliphatic heterocycles. The summed E-state index contributed by atoms with van der Waals surface area (Å²) in [5.74, 6) is 0.533. The molecule has 0 aromatic heterocycles. The fourth-order valence-corrected chi connectivity index (χ4v) is 1.92. The maximum absolute atomic E-state index is 12.1. The highest BCUT2D eigenvalue weighted by Gasteiger charge is 2.31.